The Kier molecular flexibility index (Phi) is 4.77. The minimum absolute atomic E-state index is 0.330. The van der Waals surface area contributed by atoms with E-state index < -0.39 is 5.54 Å². The molecule has 0 bridgehead atoms. The van der Waals surface area contributed by atoms with E-state index in [9.17, 15) is 4.39 Å². The van der Waals surface area contributed by atoms with Gasteiger partial charge in [0, 0.05) is 13.1 Å². The molecule has 2 N–H and O–H groups in total. The average Bonchev–Trinajstić information content (AvgIpc) is 2.78. The minimum atomic E-state index is -0.398. The minimum Gasteiger partial charge on any atom is -0.370 e. The van der Waals surface area contributed by atoms with Gasteiger partial charge in [-0.2, -0.15) is 0 Å². The van der Waals surface area contributed by atoms with Gasteiger partial charge in [-0.05, 0) is 32.1 Å². The van der Waals surface area contributed by atoms with Crippen molar-refractivity contribution < 1.29 is 4.39 Å². The first-order valence-corrected chi connectivity index (χ1v) is 7.43. The third kappa shape index (κ3) is 3.15. The number of nitrogens with zero attached hydrogens (tertiary/aromatic N) is 4. The van der Waals surface area contributed by atoms with E-state index in [1.807, 2.05) is 0 Å². The van der Waals surface area contributed by atoms with Crippen LogP contribution in [0.2, 0.25) is 0 Å². The number of nitrogens with two attached hydrogens (primary N) is 1. The first-order valence-electron chi connectivity index (χ1n) is 7.43. The molecule has 0 spiro atoms. The van der Waals surface area contributed by atoms with Crippen LogP contribution in [0.4, 0.5) is 4.39 Å². The lowest BCUT2D eigenvalue weighted by Gasteiger charge is -2.37. The van der Waals surface area contributed by atoms with Crippen molar-refractivity contribution in [1.29, 1.82) is 0 Å². The third-order valence-electron chi connectivity index (χ3n) is 4.23. The third-order valence-corrected chi connectivity index (χ3v) is 4.23. The summed E-state index contributed by atoms with van der Waals surface area (Å²) in [4.78, 5) is 13.0. The van der Waals surface area contributed by atoms with Crippen molar-refractivity contribution in [2.24, 2.45) is 10.7 Å². The molecular weight excluding hydrogens is 269 g/mol. The van der Waals surface area contributed by atoms with Gasteiger partial charge in [0.25, 0.3) is 0 Å². The molecule has 1 aliphatic rings. The van der Waals surface area contributed by atoms with Crippen LogP contribution in [-0.2, 0) is 5.54 Å². The molecule has 2 heterocycles. The molecule has 0 radical (unpaired) electrons. The van der Waals surface area contributed by atoms with Crippen molar-refractivity contribution in [2.75, 3.05) is 32.7 Å². The van der Waals surface area contributed by atoms with Crippen molar-refractivity contribution in [3.8, 4) is 0 Å². The highest BCUT2D eigenvalue weighted by atomic mass is 19.1. The smallest absolute Gasteiger partial charge is 0.192 e. The zero-order valence-electron chi connectivity index (χ0n) is 13.0. The molecule has 0 aromatic carbocycles. The van der Waals surface area contributed by atoms with Gasteiger partial charge in [-0.3, -0.25) is 9.98 Å². The van der Waals surface area contributed by atoms with E-state index in [1.165, 1.54) is 12.3 Å². The molecule has 5 nitrogen and oxygen atoms in total. The molecule has 6 heteroatoms. The molecule has 0 saturated heterocycles. The molecule has 0 amide bonds. The highest BCUT2D eigenvalue weighted by Gasteiger charge is 2.40. The normalized spacial score (nSPS) is 22.0. The van der Waals surface area contributed by atoms with Crippen LogP contribution in [0.25, 0.3) is 0 Å². The van der Waals surface area contributed by atoms with Crippen molar-refractivity contribution in [2.45, 2.75) is 26.3 Å². The van der Waals surface area contributed by atoms with Crippen molar-refractivity contribution in [1.82, 2.24) is 14.8 Å². The maximum Gasteiger partial charge on any atom is 0.192 e. The number of pyridine rings is 1. The highest BCUT2D eigenvalue weighted by Crippen LogP contribution is 2.31. The van der Waals surface area contributed by atoms with Crippen LogP contribution in [0.5, 0.6) is 0 Å². The number of aromatic nitrogens is 1. The first kappa shape index (κ1) is 15.7. The summed E-state index contributed by atoms with van der Waals surface area (Å²) in [6.45, 7) is 10.6. The van der Waals surface area contributed by atoms with Crippen molar-refractivity contribution in [3.05, 3.63) is 29.8 Å². The van der Waals surface area contributed by atoms with Gasteiger partial charge in [0.2, 0.25) is 0 Å². The molecule has 0 saturated carbocycles. The quantitative estimate of drug-likeness (QED) is 0.861. The molecule has 21 heavy (non-hydrogen) atoms. The summed E-state index contributed by atoms with van der Waals surface area (Å²) in [6, 6.07) is 3.15. The topological polar surface area (TPSA) is 57.8 Å². The van der Waals surface area contributed by atoms with Crippen molar-refractivity contribution in [3.63, 3.8) is 0 Å². The molecular formula is C15H24FN5. The van der Waals surface area contributed by atoms with Crippen molar-refractivity contribution >= 4 is 5.96 Å². The van der Waals surface area contributed by atoms with E-state index in [4.69, 9.17) is 5.73 Å². The summed E-state index contributed by atoms with van der Waals surface area (Å²) < 4.78 is 13.1. The molecule has 1 atom stereocenters. The van der Waals surface area contributed by atoms with Gasteiger partial charge < -0.3 is 15.5 Å². The summed E-state index contributed by atoms with van der Waals surface area (Å²) in [7, 11) is 0. The number of guanidine groups is 1. The van der Waals surface area contributed by atoms with Crippen LogP contribution in [0.15, 0.2) is 23.3 Å². The molecule has 0 fully saturated rings. The first-order chi connectivity index (χ1) is 10.0. The van der Waals surface area contributed by atoms with E-state index >= 15 is 0 Å². The zero-order chi connectivity index (χ0) is 15.5. The van der Waals surface area contributed by atoms with Gasteiger partial charge in [-0.15, -0.1) is 0 Å². The van der Waals surface area contributed by atoms with Crippen LogP contribution in [0, 0.1) is 5.82 Å². The Morgan fingerprint density at radius 3 is 2.67 bits per heavy atom. The van der Waals surface area contributed by atoms with Gasteiger partial charge in [-0.1, -0.05) is 13.8 Å². The Morgan fingerprint density at radius 1 is 1.38 bits per heavy atom. The number of likely N-dealkylation sites (N-methyl/N-ethyl adjacent to an activating group) is 1. The second kappa shape index (κ2) is 6.39. The van der Waals surface area contributed by atoms with Crippen LogP contribution in [0.1, 0.15) is 26.5 Å². The fourth-order valence-electron chi connectivity index (χ4n) is 2.71. The average molecular weight is 293 g/mol. The second-order valence-corrected chi connectivity index (χ2v) is 5.49. The van der Waals surface area contributed by atoms with E-state index in [2.05, 4.69) is 40.5 Å². The summed E-state index contributed by atoms with van der Waals surface area (Å²) in [5.41, 5.74) is 6.45. The summed E-state index contributed by atoms with van der Waals surface area (Å²) >= 11 is 0. The van der Waals surface area contributed by atoms with Gasteiger partial charge in [0.15, 0.2) is 5.96 Å². The highest BCUT2D eigenvalue weighted by molar-refractivity contribution is 5.81. The van der Waals surface area contributed by atoms with Crippen LogP contribution in [0.3, 0.4) is 0 Å². The Bertz CT molecular complexity index is 497. The SMILES string of the molecule is CCN(CC)CCN1C(N)=NCC1(C)c1ccc(F)cn1. The van der Waals surface area contributed by atoms with E-state index in [0.29, 0.717) is 12.5 Å². The predicted molar refractivity (Wildman–Crippen MR) is 82.5 cm³/mol. The molecule has 1 unspecified atom stereocenters. The molecule has 2 rings (SSSR count). The number of halogens is 1. The Balaban J connectivity index is 2.16. The van der Waals surface area contributed by atoms with E-state index in [0.717, 1.165) is 31.9 Å². The maximum absolute atomic E-state index is 13.1. The standard InChI is InChI=1S/C15H24FN5/c1-4-20(5-2)8-9-21-14(17)19-11-15(21,3)13-7-6-12(16)10-18-13/h6-7,10H,4-5,8-9,11H2,1-3H3,(H2,17,19). The lowest BCUT2D eigenvalue weighted by atomic mass is 9.96. The van der Waals surface area contributed by atoms with Gasteiger partial charge >= 0.3 is 0 Å². The molecule has 0 aliphatic carbocycles. The summed E-state index contributed by atoms with van der Waals surface area (Å²) in [5.74, 6) is 0.208. The van der Waals surface area contributed by atoms with Crippen LogP contribution < -0.4 is 5.73 Å². The number of rotatable bonds is 6. The molecule has 1 aromatic rings. The number of hydrogen-bond acceptors (Lipinski definition) is 5. The van der Waals surface area contributed by atoms with Gasteiger partial charge in [0.1, 0.15) is 11.4 Å². The molecule has 1 aliphatic heterocycles. The Labute approximate surface area is 125 Å². The van der Waals surface area contributed by atoms with Gasteiger partial charge in [-0.25, -0.2) is 4.39 Å². The predicted octanol–water partition coefficient (Wildman–Crippen LogP) is 1.41. The Hall–Kier alpha value is -1.69. The Morgan fingerprint density at radius 2 is 2.10 bits per heavy atom. The largest absolute Gasteiger partial charge is 0.370 e. The molecule has 1 aromatic heterocycles. The zero-order valence-corrected chi connectivity index (χ0v) is 13.0. The lowest BCUT2D eigenvalue weighted by Crippen LogP contribution is -2.50. The second-order valence-electron chi connectivity index (χ2n) is 5.49. The fourth-order valence-corrected chi connectivity index (χ4v) is 2.71. The van der Waals surface area contributed by atoms with Crippen LogP contribution in [-0.4, -0.2) is 53.5 Å². The summed E-state index contributed by atoms with van der Waals surface area (Å²) in [5, 5.41) is 0. The monoisotopic (exact) mass is 293 g/mol. The van der Waals surface area contributed by atoms with Gasteiger partial charge in [0.05, 0.1) is 18.4 Å². The van der Waals surface area contributed by atoms with E-state index in [1.54, 1.807) is 6.07 Å². The molecule has 116 valence electrons. The fraction of sp³-hybridized carbons (Fsp3) is 0.600. The number of hydrogen-bond donors (Lipinski definition) is 1. The summed E-state index contributed by atoms with van der Waals surface area (Å²) in [6.07, 6.45) is 1.25. The van der Waals surface area contributed by atoms with E-state index in [-0.39, 0.29) is 5.82 Å². The maximum atomic E-state index is 13.1. The lowest BCUT2D eigenvalue weighted by molar-refractivity contribution is 0.184. The number of aliphatic imine (C=N–C) groups is 1. The van der Waals surface area contributed by atoms with Crippen LogP contribution >= 0.6 is 0 Å².